The summed E-state index contributed by atoms with van der Waals surface area (Å²) in [6.07, 6.45) is 2.48. The zero-order valence-corrected chi connectivity index (χ0v) is 14.8. The Balaban J connectivity index is 1.64. The van der Waals surface area contributed by atoms with E-state index in [1.165, 1.54) is 18.4 Å². The Morgan fingerprint density at radius 3 is 2.50 bits per heavy atom. The van der Waals surface area contributed by atoms with Crippen LogP contribution in [0.1, 0.15) is 31.4 Å². The number of benzene rings is 1. The largest absolute Gasteiger partial charge is 0.497 e. The molecule has 2 atom stereocenters. The Kier molecular flexibility index (Phi) is 5.74. The van der Waals surface area contributed by atoms with Crippen LogP contribution in [0.4, 0.5) is 0 Å². The Morgan fingerprint density at radius 2 is 1.96 bits per heavy atom. The van der Waals surface area contributed by atoms with E-state index in [1.807, 2.05) is 19.1 Å². The summed E-state index contributed by atoms with van der Waals surface area (Å²) in [7, 11) is 1.68. The van der Waals surface area contributed by atoms with E-state index in [0.717, 1.165) is 31.9 Å². The van der Waals surface area contributed by atoms with Crippen molar-refractivity contribution < 1.29 is 9.53 Å². The van der Waals surface area contributed by atoms with Crippen LogP contribution in [0, 0.1) is 11.8 Å². The number of ether oxygens (including phenoxy) is 1. The second-order valence-corrected chi connectivity index (χ2v) is 6.98. The zero-order valence-electron chi connectivity index (χ0n) is 14.8. The van der Waals surface area contributed by atoms with Crippen LogP contribution in [0.25, 0.3) is 0 Å². The molecule has 0 bridgehead atoms. The molecule has 0 aliphatic carbocycles. The summed E-state index contributed by atoms with van der Waals surface area (Å²) in [5, 5.41) is 6.44. The van der Waals surface area contributed by atoms with E-state index in [1.54, 1.807) is 7.11 Å². The Labute approximate surface area is 144 Å². The van der Waals surface area contributed by atoms with Crippen molar-refractivity contribution in [3.05, 3.63) is 29.8 Å². The topological polar surface area (TPSA) is 53.6 Å². The van der Waals surface area contributed by atoms with Crippen molar-refractivity contribution in [3.63, 3.8) is 0 Å². The van der Waals surface area contributed by atoms with Gasteiger partial charge < -0.3 is 15.4 Å². The molecule has 2 aliphatic rings. The summed E-state index contributed by atoms with van der Waals surface area (Å²) < 4.78 is 5.26. The SMILES string of the molecule is COc1ccc(C(CNC(=O)C(C)C2CNC2)N2CCCC2)cc1. The lowest BCUT2D eigenvalue weighted by Gasteiger charge is -2.33. The summed E-state index contributed by atoms with van der Waals surface area (Å²) in [5.41, 5.74) is 1.25. The Bertz CT molecular complexity index is 536. The number of nitrogens with zero attached hydrogens (tertiary/aromatic N) is 1. The molecule has 132 valence electrons. The zero-order chi connectivity index (χ0) is 16.9. The predicted molar refractivity (Wildman–Crippen MR) is 95.1 cm³/mol. The standard InChI is InChI=1S/C19H29N3O2/c1-14(16-11-20-12-16)19(23)21-13-18(22-9-3-4-10-22)15-5-7-17(24-2)8-6-15/h5-8,14,16,18,20H,3-4,9-13H2,1-2H3,(H,21,23). The normalized spacial score (nSPS) is 21.1. The van der Waals surface area contributed by atoms with Gasteiger partial charge >= 0.3 is 0 Å². The van der Waals surface area contributed by atoms with E-state index in [-0.39, 0.29) is 17.9 Å². The molecule has 24 heavy (non-hydrogen) atoms. The van der Waals surface area contributed by atoms with Crippen LogP contribution in [-0.4, -0.2) is 50.6 Å². The van der Waals surface area contributed by atoms with Crippen molar-refractivity contribution in [2.24, 2.45) is 11.8 Å². The molecule has 2 N–H and O–H groups in total. The first-order chi connectivity index (χ1) is 11.7. The summed E-state index contributed by atoms with van der Waals surface area (Å²) in [4.78, 5) is 14.9. The number of hydrogen-bond acceptors (Lipinski definition) is 4. The lowest BCUT2D eigenvalue weighted by atomic mass is 9.88. The second-order valence-electron chi connectivity index (χ2n) is 6.98. The lowest BCUT2D eigenvalue weighted by Crippen LogP contribution is -2.50. The van der Waals surface area contributed by atoms with Crippen molar-refractivity contribution in [1.82, 2.24) is 15.5 Å². The van der Waals surface area contributed by atoms with Crippen molar-refractivity contribution in [2.45, 2.75) is 25.8 Å². The van der Waals surface area contributed by atoms with Gasteiger partial charge in [-0.3, -0.25) is 9.69 Å². The summed E-state index contributed by atoms with van der Waals surface area (Å²) in [6.45, 7) is 6.85. The lowest BCUT2D eigenvalue weighted by molar-refractivity contribution is -0.126. The summed E-state index contributed by atoms with van der Waals surface area (Å²) in [5.74, 6) is 1.62. The van der Waals surface area contributed by atoms with E-state index < -0.39 is 0 Å². The minimum absolute atomic E-state index is 0.0846. The molecule has 1 aromatic carbocycles. The summed E-state index contributed by atoms with van der Waals surface area (Å²) >= 11 is 0. The van der Waals surface area contributed by atoms with E-state index in [2.05, 4.69) is 27.7 Å². The van der Waals surface area contributed by atoms with Crippen LogP contribution >= 0.6 is 0 Å². The minimum atomic E-state index is 0.0846. The smallest absolute Gasteiger partial charge is 0.223 e. The Morgan fingerprint density at radius 1 is 1.29 bits per heavy atom. The molecule has 2 fully saturated rings. The third-order valence-electron chi connectivity index (χ3n) is 5.49. The molecular weight excluding hydrogens is 302 g/mol. The predicted octanol–water partition coefficient (Wildman–Crippen LogP) is 1.80. The van der Waals surface area contributed by atoms with Crippen molar-refractivity contribution in [3.8, 4) is 5.75 Å². The molecule has 5 heteroatoms. The van der Waals surface area contributed by atoms with Gasteiger partial charge in [-0.2, -0.15) is 0 Å². The molecule has 2 heterocycles. The van der Waals surface area contributed by atoms with Crippen molar-refractivity contribution >= 4 is 5.91 Å². The average molecular weight is 331 g/mol. The monoisotopic (exact) mass is 331 g/mol. The van der Waals surface area contributed by atoms with Crippen molar-refractivity contribution in [1.29, 1.82) is 0 Å². The molecule has 1 amide bonds. The van der Waals surface area contributed by atoms with E-state index in [4.69, 9.17) is 4.74 Å². The molecule has 1 aromatic rings. The van der Waals surface area contributed by atoms with Gasteiger partial charge in [-0.05, 0) is 62.6 Å². The first-order valence-corrected chi connectivity index (χ1v) is 9.05. The molecule has 0 saturated carbocycles. The highest BCUT2D eigenvalue weighted by Gasteiger charge is 2.30. The maximum absolute atomic E-state index is 12.5. The maximum Gasteiger partial charge on any atom is 0.223 e. The number of carbonyl (C=O) groups is 1. The molecule has 5 nitrogen and oxygen atoms in total. The number of amides is 1. The highest BCUT2D eigenvalue weighted by atomic mass is 16.5. The molecule has 2 aliphatic heterocycles. The van der Waals surface area contributed by atoms with Gasteiger partial charge in [0, 0.05) is 12.5 Å². The fourth-order valence-corrected chi connectivity index (χ4v) is 3.57. The summed E-state index contributed by atoms with van der Waals surface area (Å²) in [6, 6.07) is 8.49. The van der Waals surface area contributed by atoms with Crippen LogP contribution in [0.15, 0.2) is 24.3 Å². The molecule has 0 spiro atoms. The fraction of sp³-hybridized carbons (Fsp3) is 0.632. The van der Waals surface area contributed by atoms with Crippen LogP contribution in [-0.2, 0) is 4.79 Å². The first-order valence-electron chi connectivity index (χ1n) is 9.05. The highest BCUT2D eigenvalue weighted by molar-refractivity contribution is 5.78. The molecular formula is C19H29N3O2. The molecule has 2 unspecified atom stereocenters. The van der Waals surface area contributed by atoms with Gasteiger partial charge in [-0.1, -0.05) is 19.1 Å². The molecule has 0 radical (unpaired) electrons. The third kappa shape index (κ3) is 3.90. The van der Waals surface area contributed by atoms with Gasteiger partial charge in [-0.25, -0.2) is 0 Å². The number of carbonyl (C=O) groups excluding carboxylic acids is 1. The van der Waals surface area contributed by atoms with E-state index in [9.17, 15) is 4.79 Å². The van der Waals surface area contributed by atoms with Crippen LogP contribution in [0.5, 0.6) is 5.75 Å². The van der Waals surface area contributed by atoms with Crippen LogP contribution < -0.4 is 15.4 Å². The van der Waals surface area contributed by atoms with Crippen LogP contribution in [0.2, 0.25) is 0 Å². The maximum atomic E-state index is 12.5. The molecule has 0 aromatic heterocycles. The average Bonchev–Trinajstić information content (AvgIpc) is 3.08. The highest BCUT2D eigenvalue weighted by Crippen LogP contribution is 2.26. The molecule has 2 saturated heterocycles. The minimum Gasteiger partial charge on any atom is -0.497 e. The Hall–Kier alpha value is -1.59. The van der Waals surface area contributed by atoms with Gasteiger partial charge in [-0.15, -0.1) is 0 Å². The third-order valence-corrected chi connectivity index (χ3v) is 5.49. The van der Waals surface area contributed by atoms with Gasteiger partial charge in [0.15, 0.2) is 0 Å². The van der Waals surface area contributed by atoms with Crippen LogP contribution in [0.3, 0.4) is 0 Å². The van der Waals surface area contributed by atoms with Gasteiger partial charge in [0.25, 0.3) is 0 Å². The van der Waals surface area contributed by atoms with E-state index in [0.29, 0.717) is 12.5 Å². The van der Waals surface area contributed by atoms with E-state index >= 15 is 0 Å². The van der Waals surface area contributed by atoms with Gasteiger partial charge in [0.05, 0.1) is 13.2 Å². The number of nitrogens with one attached hydrogen (secondary N) is 2. The fourth-order valence-electron chi connectivity index (χ4n) is 3.57. The van der Waals surface area contributed by atoms with Gasteiger partial charge in [0.2, 0.25) is 5.91 Å². The molecule has 3 rings (SSSR count). The quantitative estimate of drug-likeness (QED) is 0.800. The first kappa shape index (κ1) is 17.2. The number of methoxy groups -OCH3 is 1. The van der Waals surface area contributed by atoms with Crippen molar-refractivity contribution in [2.75, 3.05) is 39.8 Å². The number of hydrogen-bond donors (Lipinski definition) is 2. The number of rotatable bonds is 7. The van der Waals surface area contributed by atoms with Gasteiger partial charge in [0.1, 0.15) is 5.75 Å². The number of likely N-dealkylation sites (tertiary alicyclic amines) is 1. The second kappa shape index (κ2) is 7.99.